The maximum atomic E-state index is 11.8. The fourth-order valence-electron chi connectivity index (χ4n) is 1.94. The number of aryl methyl sites for hydroxylation is 1. The Labute approximate surface area is 137 Å². The Bertz CT molecular complexity index is 532. The highest BCUT2D eigenvalue weighted by molar-refractivity contribution is 6.31. The van der Waals surface area contributed by atoms with E-state index in [1.165, 1.54) is 6.92 Å². The van der Waals surface area contributed by atoms with Crippen molar-refractivity contribution in [1.82, 2.24) is 10.2 Å². The van der Waals surface area contributed by atoms with E-state index in [0.29, 0.717) is 23.8 Å². The average Bonchev–Trinajstić information content (AvgIpc) is 2.42. The zero-order valence-corrected chi connectivity index (χ0v) is 14.4. The van der Waals surface area contributed by atoms with Crippen molar-refractivity contribution >= 4 is 29.1 Å². The molecule has 1 N–H and O–H groups in total. The summed E-state index contributed by atoms with van der Waals surface area (Å²) in [6.45, 7) is 5.11. The van der Waals surface area contributed by atoms with Crippen LogP contribution in [0.2, 0.25) is 5.02 Å². The predicted octanol–water partition coefficient (Wildman–Crippen LogP) is 2.07. The first-order valence-corrected chi connectivity index (χ1v) is 7.64. The maximum absolute atomic E-state index is 11.8. The summed E-state index contributed by atoms with van der Waals surface area (Å²) >= 11 is 6.10. The van der Waals surface area contributed by atoms with Crippen molar-refractivity contribution in [2.75, 3.05) is 38.6 Å². The average molecular weight is 326 g/mol. The van der Waals surface area contributed by atoms with E-state index in [-0.39, 0.29) is 18.2 Å². The molecule has 0 aliphatic rings. The van der Waals surface area contributed by atoms with E-state index in [0.717, 1.165) is 12.1 Å². The quantitative estimate of drug-likeness (QED) is 0.835. The first-order chi connectivity index (χ1) is 10.3. The van der Waals surface area contributed by atoms with Gasteiger partial charge in [0.1, 0.15) is 0 Å². The molecule has 0 heterocycles. The van der Waals surface area contributed by atoms with Crippen molar-refractivity contribution in [2.24, 2.45) is 0 Å². The minimum absolute atomic E-state index is 0.0636. The Morgan fingerprint density at radius 1 is 1.23 bits per heavy atom. The van der Waals surface area contributed by atoms with Gasteiger partial charge in [0.05, 0.1) is 0 Å². The highest BCUT2D eigenvalue weighted by Gasteiger charge is 2.14. The first-order valence-electron chi connectivity index (χ1n) is 7.27. The van der Waals surface area contributed by atoms with Crippen LogP contribution in [0.1, 0.15) is 18.9 Å². The van der Waals surface area contributed by atoms with Crippen LogP contribution in [-0.4, -0.2) is 50.4 Å². The van der Waals surface area contributed by atoms with Gasteiger partial charge in [0.15, 0.2) is 0 Å². The van der Waals surface area contributed by atoms with Crippen LogP contribution < -0.4 is 10.2 Å². The van der Waals surface area contributed by atoms with Crippen LogP contribution in [0.4, 0.5) is 5.69 Å². The second-order valence-electron chi connectivity index (χ2n) is 5.51. The fourth-order valence-corrected chi connectivity index (χ4v) is 2.11. The number of nitrogens with one attached hydrogen (secondary N) is 1. The Morgan fingerprint density at radius 3 is 2.45 bits per heavy atom. The zero-order valence-electron chi connectivity index (χ0n) is 13.6. The van der Waals surface area contributed by atoms with Crippen molar-refractivity contribution in [1.29, 1.82) is 0 Å². The van der Waals surface area contributed by atoms with E-state index in [4.69, 9.17) is 11.6 Å². The van der Waals surface area contributed by atoms with Gasteiger partial charge in [-0.2, -0.15) is 0 Å². The van der Waals surface area contributed by atoms with Crippen molar-refractivity contribution in [2.45, 2.75) is 20.3 Å². The molecule has 1 aromatic rings. The van der Waals surface area contributed by atoms with Gasteiger partial charge in [0.25, 0.3) is 0 Å². The molecule has 0 aliphatic carbocycles. The van der Waals surface area contributed by atoms with Crippen LogP contribution in [0, 0.1) is 6.92 Å². The molecule has 0 saturated carbocycles. The lowest BCUT2D eigenvalue weighted by molar-refractivity contribution is -0.121. The van der Waals surface area contributed by atoms with Crippen LogP contribution in [0.3, 0.4) is 0 Å². The van der Waals surface area contributed by atoms with Crippen LogP contribution in [-0.2, 0) is 9.59 Å². The number of nitrogens with zero attached hydrogens (tertiary/aromatic N) is 2. The highest BCUT2D eigenvalue weighted by Crippen LogP contribution is 2.23. The number of carbonyl (C=O) groups is 2. The molecule has 6 heteroatoms. The van der Waals surface area contributed by atoms with Crippen LogP contribution >= 0.6 is 11.6 Å². The Hall–Kier alpha value is -1.59. The summed E-state index contributed by atoms with van der Waals surface area (Å²) in [4.78, 5) is 27.2. The van der Waals surface area contributed by atoms with Gasteiger partial charge >= 0.3 is 0 Å². The molecule has 122 valence electrons. The molecular weight excluding hydrogens is 302 g/mol. The molecule has 5 nitrogen and oxygen atoms in total. The summed E-state index contributed by atoms with van der Waals surface area (Å²) in [5.74, 6) is -0.174. The number of benzene rings is 1. The highest BCUT2D eigenvalue weighted by atomic mass is 35.5. The number of halogens is 1. The summed E-state index contributed by atoms with van der Waals surface area (Å²) in [6, 6.07) is 5.46. The molecule has 2 amide bonds. The minimum Gasteiger partial charge on any atom is -0.355 e. The Morgan fingerprint density at radius 2 is 1.91 bits per heavy atom. The van der Waals surface area contributed by atoms with Gasteiger partial charge in [0.2, 0.25) is 11.8 Å². The Balaban J connectivity index is 2.60. The van der Waals surface area contributed by atoms with Crippen LogP contribution in [0.5, 0.6) is 0 Å². The lowest BCUT2D eigenvalue weighted by Crippen LogP contribution is -2.36. The van der Waals surface area contributed by atoms with E-state index in [2.05, 4.69) is 5.32 Å². The predicted molar refractivity (Wildman–Crippen MR) is 90.4 cm³/mol. The largest absolute Gasteiger partial charge is 0.355 e. The summed E-state index contributed by atoms with van der Waals surface area (Å²) in [5, 5.41) is 3.45. The molecule has 1 aromatic carbocycles. The lowest BCUT2D eigenvalue weighted by Gasteiger charge is -2.21. The summed E-state index contributed by atoms with van der Waals surface area (Å²) < 4.78 is 0. The second-order valence-corrected chi connectivity index (χ2v) is 5.91. The minimum atomic E-state index is -0.110. The van der Waals surface area contributed by atoms with Crippen molar-refractivity contribution in [3.63, 3.8) is 0 Å². The van der Waals surface area contributed by atoms with Gasteiger partial charge in [0, 0.05) is 43.7 Å². The molecule has 22 heavy (non-hydrogen) atoms. The topological polar surface area (TPSA) is 52.7 Å². The number of hydrogen-bond acceptors (Lipinski definition) is 3. The van der Waals surface area contributed by atoms with Gasteiger partial charge in [-0.25, -0.2) is 0 Å². The standard InChI is InChI=1S/C16H24ClN3O2/c1-12-5-6-14(11-15(12)17)20(13(2)21)9-7-16(22)18-8-10-19(3)4/h5-6,11H,7-10H2,1-4H3,(H,18,22). The molecule has 0 atom stereocenters. The third kappa shape index (κ3) is 6.03. The number of hydrogen-bond donors (Lipinski definition) is 1. The molecule has 0 saturated heterocycles. The van der Waals surface area contributed by atoms with Gasteiger partial charge < -0.3 is 15.1 Å². The van der Waals surface area contributed by atoms with Gasteiger partial charge in [-0.1, -0.05) is 17.7 Å². The zero-order chi connectivity index (χ0) is 16.7. The third-order valence-electron chi connectivity index (χ3n) is 3.29. The second kappa shape index (κ2) is 8.76. The lowest BCUT2D eigenvalue weighted by atomic mass is 10.2. The number of amides is 2. The van der Waals surface area contributed by atoms with Gasteiger partial charge in [-0.05, 0) is 38.7 Å². The molecule has 0 unspecified atom stereocenters. The maximum Gasteiger partial charge on any atom is 0.223 e. The summed E-state index contributed by atoms with van der Waals surface area (Å²) in [6.07, 6.45) is 0.262. The van der Waals surface area contributed by atoms with Crippen LogP contribution in [0.15, 0.2) is 18.2 Å². The van der Waals surface area contributed by atoms with Gasteiger partial charge in [-0.15, -0.1) is 0 Å². The first kappa shape index (κ1) is 18.5. The molecule has 0 bridgehead atoms. The van der Waals surface area contributed by atoms with E-state index in [1.54, 1.807) is 11.0 Å². The molecule has 0 fully saturated rings. The summed E-state index contributed by atoms with van der Waals surface area (Å²) in [7, 11) is 3.90. The summed E-state index contributed by atoms with van der Waals surface area (Å²) in [5.41, 5.74) is 1.67. The molecule has 0 aromatic heterocycles. The molecule has 0 radical (unpaired) electrons. The van der Waals surface area contributed by atoms with E-state index >= 15 is 0 Å². The number of rotatable bonds is 7. The monoisotopic (exact) mass is 325 g/mol. The van der Waals surface area contributed by atoms with E-state index in [1.807, 2.05) is 38.1 Å². The Kier molecular flexibility index (Phi) is 7.35. The van der Waals surface area contributed by atoms with Crippen molar-refractivity contribution in [3.8, 4) is 0 Å². The van der Waals surface area contributed by atoms with Crippen molar-refractivity contribution < 1.29 is 9.59 Å². The van der Waals surface area contributed by atoms with E-state index < -0.39 is 0 Å². The normalized spacial score (nSPS) is 10.6. The van der Waals surface area contributed by atoms with Crippen LogP contribution in [0.25, 0.3) is 0 Å². The number of carbonyl (C=O) groups excluding carboxylic acids is 2. The molecule has 1 rings (SSSR count). The smallest absolute Gasteiger partial charge is 0.223 e. The molecule has 0 aliphatic heterocycles. The van der Waals surface area contributed by atoms with E-state index in [9.17, 15) is 9.59 Å². The number of anilines is 1. The third-order valence-corrected chi connectivity index (χ3v) is 3.70. The number of likely N-dealkylation sites (N-methyl/N-ethyl adjacent to an activating group) is 1. The van der Waals surface area contributed by atoms with Gasteiger partial charge in [-0.3, -0.25) is 9.59 Å². The molecular formula is C16H24ClN3O2. The SMILES string of the molecule is CC(=O)N(CCC(=O)NCCN(C)C)c1ccc(C)c(Cl)c1. The molecule has 0 spiro atoms. The van der Waals surface area contributed by atoms with Crippen molar-refractivity contribution in [3.05, 3.63) is 28.8 Å². The fraction of sp³-hybridized carbons (Fsp3) is 0.500.